The number of nitrogens with one attached hydrogen (secondary N) is 1. The number of anilines is 1. The molecule has 0 radical (unpaired) electrons. The average molecular weight is 303 g/mol. The van der Waals surface area contributed by atoms with E-state index in [1.807, 2.05) is 6.92 Å². The van der Waals surface area contributed by atoms with Crippen molar-refractivity contribution in [2.45, 2.75) is 27.2 Å². The molecule has 120 valence electrons. The molecule has 1 aliphatic heterocycles. The maximum Gasteiger partial charge on any atom is 0.312 e. The minimum absolute atomic E-state index is 0.408. The lowest BCUT2D eigenvalue weighted by Crippen LogP contribution is -2.52. The largest absolute Gasteiger partial charge is 0.368 e. The van der Waals surface area contributed by atoms with Crippen molar-refractivity contribution in [1.29, 1.82) is 0 Å². The molecule has 0 bridgehead atoms. The van der Waals surface area contributed by atoms with Gasteiger partial charge >= 0.3 is 11.8 Å². The molecule has 0 spiro atoms. The van der Waals surface area contributed by atoms with Crippen LogP contribution >= 0.6 is 0 Å². The molecule has 2 amide bonds. The van der Waals surface area contributed by atoms with E-state index in [4.69, 9.17) is 0 Å². The van der Waals surface area contributed by atoms with Crippen LogP contribution in [0.3, 0.4) is 0 Å². The molecule has 0 atom stereocenters. The predicted octanol–water partition coefficient (Wildman–Crippen LogP) is 1.48. The van der Waals surface area contributed by atoms with Crippen molar-refractivity contribution in [1.82, 2.24) is 10.2 Å². The smallest absolute Gasteiger partial charge is 0.312 e. The van der Waals surface area contributed by atoms with E-state index >= 15 is 0 Å². The number of hydrogen-bond donors (Lipinski definition) is 1. The van der Waals surface area contributed by atoms with E-state index in [0.29, 0.717) is 19.6 Å². The molecule has 1 aliphatic rings. The van der Waals surface area contributed by atoms with E-state index in [2.05, 4.69) is 42.3 Å². The summed E-state index contributed by atoms with van der Waals surface area (Å²) in [5.41, 5.74) is 3.78. The minimum Gasteiger partial charge on any atom is -0.368 e. The number of amides is 2. The summed E-state index contributed by atoms with van der Waals surface area (Å²) in [6.07, 6.45) is 0.833. The lowest BCUT2D eigenvalue weighted by molar-refractivity contribution is -0.146. The highest BCUT2D eigenvalue weighted by Crippen LogP contribution is 2.23. The summed E-state index contributed by atoms with van der Waals surface area (Å²) in [5.74, 6) is -0.892. The predicted molar refractivity (Wildman–Crippen MR) is 88.0 cm³/mol. The lowest BCUT2D eigenvalue weighted by atomic mass is 10.1. The van der Waals surface area contributed by atoms with Gasteiger partial charge in [-0.3, -0.25) is 9.59 Å². The van der Waals surface area contributed by atoms with Gasteiger partial charge in [0, 0.05) is 38.4 Å². The third kappa shape index (κ3) is 3.59. The Morgan fingerprint density at radius 3 is 2.45 bits per heavy atom. The molecule has 1 aromatic carbocycles. The van der Waals surface area contributed by atoms with Gasteiger partial charge in [0.1, 0.15) is 0 Å². The van der Waals surface area contributed by atoms with Crippen LogP contribution in [0, 0.1) is 13.8 Å². The summed E-state index contributed by atoms with van der Waals surface area (Å²) in [6.45, 7) is 9.45. The Morgan fingerprint density at radius 1 is 1.14 bits per heavy atom. The number of aryl methyl sites for hydroxylation is 1. The lowest BCUT2D eigenvalue weighted by Gasteiger charge is -2.36. The summed E-state index contributed by atoms with van der Waals surface area (Å²) in [5, 5.41) is 2.65. The second-order valence-corrected chi connectivity index (χ2v) is 5.75. The van der Waals surface area contributed by atoms with Crippen molar-refractivity contribution in [2.75, 3.05) is 37.6 Å². The van der Waals surface area contributed by atoms with E-state index in [-0.39, 0.29) is 0 Å². The Balaban J connectivity index is 1.94. The van der Waals surface area contributed by atoms with Gasteiger partial charge in [0.2, 0.25) is 0 Å². The van der Waals surface area contributed by atoms with Crippen LogP contribution in [0.4, 0.5) is 5.69 Å². The van der Waals surface area contributed by atoms with Gasteiger partial charge in [0.05, 0.1) is 0 Å². The monoisotopic (exact) mass is 303 g/mol. The van der Waals surface area contributed by atoms with Gasteiger partial charge in [0.25, 0.3) is 0 Å². The maximum atomic E-state index is 12.1. The van der Waals surface area contributed by atoms with Crippen molar-refractivity contribution in [2.24, 2.45) is 0 Å². The molecule has 1 aromatic rings. The van der Waals surface area contributed by atoms with Gasteiger partial charge in [-0.05, 0) is 37.5 Å². The molecular weight excluding hydrogens is 278 g/mol. The molecule has 1 N–H and O–H groups in total. The van der Waals surface area contributed by atoms with Crippen LogP contribution in [0.15, 0.2) is 18.2 Å². The summed E-state index contributed by atoms with van der Waals surface area (Å²) in [7, 11) is 0. The molecule has 1 heterocycles. The number of piperazine rings is 1. The third-order valence-electron chi connectivity index (χ3n) is 4.21. The standard InChI is InChI=1S/C17H25N3O2/c1-4-8-18-16(21)17(22)20-11-9-19(10-12-20)15-7-5-6-13(2)14(15)3/h5-7H,4,8-12H2,1-3H3,(H,18,21). The van der Waals surface area contributed by atoms with Crippen LogP contribution in [-0.4, -0.2) is 49.4 Å². The first kappa shape index (κ1) is 16.3. The summed E-state index contributed by atoms with van der Waals surface area (Å²) >= 11 is 0. The van der Waals surface area contributed by atoms with Gasteiger partial charge in [-0.25, -0.2) is 0 Å². The van der Waals surface area contributed by atoms with E-state index in [9.17, 15) is 9.59 Å². The second kappa shape index (κ2) is 7.29. The van der Waals surface area contributed by atoms with Crippen LogP contribution in [0.25, 0.3) is 0 Å². The van der Waals surface area contributed by atoms with Crippen LogP contribution in [0.5, 0.6) is 0 Å². The van der Waals surface area contributed by atoms with E-state index in [0.717, 1.165) is 19.5 Å². The van der Waals surface area contributed by atoms with Crippen LogP contribution in [0.2, 0.25) is 0 Å². The van der Waals surface area contributed by atoms with Gasteiger partial charge in [-0.1, -0.05) is 19.1 Å². The SMILES string of the molecule is CCCNC(=O)C(=O)N1CCN(c2cccc(C)c2C)CC1. The highest BCUT2D eigenvalue weighted by atomic mass is 16.2. The van der Waals surface area contributed by atoms with Gasteiger partial charge < -0.3 is 15.1 Å². The first-order chi connectivity index (χ1) is 10.5. The first-order valence-corrected chi connectivity index (χ1v) is 7.93. The molecule has 1 saturated heterocycles. The van der Waals surface area contributed by atoms with Gasteiger partial charge in [0.15, 0.2) is 0 Å². The molecule has 0 unspecified atom stereocenters. The number of rotatable bonds is 3. The molecule has 22 heavy (non-hydrogen) atoms. The van der Waals surface area contributed by atoms with Gasteiger partial charge in [-0.15, -0.1) is 0 Å². The molecule has 0 aliphatic carbocycles. The highest BCUT2D eigenvalue weighted by Gasteiger charge is 2.26. The molecule has 0 aromatic heterocycles. The fourth-order valence-electron chi connectivity index (χ4n) is 2.69. The highest BCUT2D eigenvalue weighted by molar-refractivity contribution is 6.35. The second-order valence-electron chi connectivity index (χ2n) is 5.75. The Bertz CT molecular complexity index is 549. The maximum absolute atomic E-state index is 12.1. The fraction of sp³-hybridized carbons (Fsp3) is 0.529. The van der Waals surface area contributed by atoms with Crippen molar-refractivity contribution in [3.05, 3.63) is 29.3 Å². The normalized spacial score (nSPS) is 14.9. The Labute approximate surface area is 132 Å². The summed E-state index contributed by atoms with van der Waals surface area (Å²) < 4.78 is 0. The zero-order valence-electron chi connectivity index (χ0n) is 13.7. The van der Waals surface area contributed by atoms with E-state index in [1.165, 1.54) is 16.8 Å². The van der Waals surface area contributed by atoms with Crippen molar-refractivity contribution in [3.8, 4) is 0 Å². The Kier molecular flexibility index (Phi) is 5.41. The Hall–Kier alpha value is -2.04. The first-order valence-electron chi connectivity index (χ1n) is 7.93. The molecule has 0 saturated carbocycles. The topological polar surface area (TPSA) is 52.7 Å². The quantitative estimate of drug-likeness (QED) is 0.861. The average Bonchev–Trinajstić information content (AvgIpc) is 2.54. The summed E-state index contributed by atoms with van der Waals surface area (Å²) in [6, 6.07) is 6.29. The molecular formula is C17H25N3O2. The van der Waals surface area contributed by atoms with Crippen molar-refractivity contribution in [3.63, 3.8) is 0 Å². The zero-order chi connectivity index (χ0) is 16.1. The van der Waals surface area contributed by atoms with Crippen molar-refractivity contribution >= 4 is 17.5 Å². The number of hydrogen-bond acceptors (Lipinski definition) is 3. The van der Waals surface area contributed by atoms with Gasteiger partial charge in [-0.2, -0.15) is 0 Å². The molecule has 5 heteroatoms. The van der Waals surface area contributed by atoms with Crippen molar-refractivity contribution < 1.29 is 9.59 Å². The molecule has 1 fully saturated rings. The third-order valence-corrected chi connectivity index (χ3v) is 4.21. The number of carbonyl (C=O) groups is 2. The van der Waals surface area contributed by atoms with E-state index in [1.54, 1.807) is 4.90 Å². The van der Waals surface area contributed by atoms with Crippen LogP contribution in [0.1, 0.15) is 24.5 Å². The number of nitrogens with zero attached hydrogens (tertiary/aromatic N) is 2. The zero-order valence-corrected chi connectivity index (χ0v) is 13.7. The van der Waals surface area contributed by atoms with Crippen LogP contribution < -0.4 is 10.2 Å². The van der Waals surface area contributed by atoms with E-state index < -0.39 is 11.8 Å². The summed E-state index contributed by atoms with van der Waals surface area (Å²) in [4.78, 5) is 27.7. The molecule has 5 nitrogen and oxygen atoms in total. The number of carbonyl (C=O) groups excluding carboxylic acids is 2. The fourth-order valence-corrected chi connectivity index (χ4v) is 2.69. The van der Waals surface area contributed by atoms with Crippen LogP contribution in [-0.2, 0) is 9.59 Å². The molecule has 2 rings (SSSR count). The minimum atomic E-state index is -0.484. The number of benzene rings is 1. The Morgan fingerprint density at radius 2 is 1.82 bits per heavy atom.